The molecule has 1 heterocycles. The van der Waals surface area contributed by atoms with Crippen LogP contribution in [0.15, 0.2) is 43.0 Å². The van der Waals surface area contributed by atoms with E-state index in [0.29, 0.717) is 12.0 Å². The number of Topliss-reactive ketones (excluding diaryl/α,β-unsaturated/α-hetero) is 1. The molecular weight excluding hydrogens is 200 g/mol. The molecule has 0 amide bonds. The minimum Gasteiger partial charge on any atom is -0.294 e. The van der Waals surface area contributed by atoms with Crippen molar-refractivity contribution in [1.29, 1.82) is 0 Å². The maximum absolute atomic E-state index is 11.8. The molecule has 0 saturated heterocycles. The van der Waals surface area contributed by atoms with E-state index in [9.17, 15) is 4.79 Å². The van der Waals surface area contributed by atoms with Gasteiger partial charge in [0.25, 0.3) is 0 Å². The first-order valence-electron chi connectivity index (χ1n) is 5.09. The van der Waals surface area contributed by atoms with Crippen molar-refractivity contribution in [1.82, 2.24) is 9.97 Å². The molecule has 2 rings (SSSR count). The van der Waals surface area contributed by atoms with Gasteiger partial charge in [0.2, 0.25) is 0 Å². The average Bonchev–Trinajstić information content (AvgIpc) is 2.33. The van der Waals surface area contributed by atoms with Crippen LogP contribution in [0.25, 0.3) is 0 Å². The van der Waals surface area contributed by atoms with Gasteiger partial charge in [-0.2, -0.15) is 0 Å². The Morgan fingerprint density at radius 1 is 1.12 bits per heavy atom. The molecule has 0 bridgehead atoms. The first-order valence-corrected chi connectivity index (χ1v) is 5.09. The van der Waals surface area contributed by atoms with Crippen LogP contribution in [0.2, 0.25) is 0 Å². The lowest BCUT2D eigenvalue weighted by atomic mass is 10.0. The van der Waals surface area contributed by atoms with Crippen LogP contribution < -0.4 is 0 Å². The van der Waals surface area contributed by atoms with Crippen molar-refractivity contribution in [2.75, 3.05) is 0 Å². The normalized spacial score (nSPS) is 10.1. The summed E-state index contributed by atoms with van der Waals surface area (Å²) in [4.78, 5) is 19.5. The van der Waals surface area contributed by atoms with Gasteiger partial charge < -0.3 is 0 Å². The van der Waals surface area contributed by atoms with Crippen LogP contribution in [0, 0.1) is 6.92 Å². The van der Waals surface area contributed by atoms with Gasteiger partial charge >= 0.3 is 0 Å². The molecule has 1 aromatic heterocycles. The van der Waals surface area contributed by atoms with Gasteiger partial charge in [0.05, 0.1) is 5.56 Å². The van der Waals surface area contributed by atoms with E-state index in [1.54, 1.807) is 12.4 Å². The molecule has 0 aliphatic heterocycles. The Kier molecular flexibility index (Phi) is 3.05. The highest BCUT2D eigenvalue weighted by molar-refractivity contribution is 5.96. The molecule has 80 valence electrons. The SMILES string of the molecule is Cc1ccc(CC(=O)c2cncnc2)cc1. The van der Waals surface area contributed by atoms with E-state index in [0.717, 1.165) is 5.56 Å². The number of carbonyl (C=O) groups is 1. The lowest BCUT2D eigenvalue weighted by Gasteiger charge is -2.01. The Balaban J connectivity index is 2.11. The maximum atomic E-state index is 11.8. The molecule has 1 aromatic carbocycles. The minimum absolute atomic E-state index is 0.0458. The van der Waals surface area contributed by atoms with E-state index in [2.05, 4.69) is 9.97 Å². The zero-order valence-corrected chi connectivity index (χ0v) is 9.05. The van der Waals surface area contributed by atoms with Crippen LogP contribution >= 0.6 is 0 Å². The fourth-order valence-corrected chi connectivity index (χ4v) is 1.44. The molecule has 0 N–H and O–H groups in total. The van der Waals surface area contributed by atoms with E-state index in [-0.39, 0.29) is 5.78 Å². The second kappa shape index (κ2) is 4.66. The van der Waals surface area contributed by atoms with Crippen molar-refractivity contribution in [3.63, 3.8) is 0 Å². The lowest BCUT2D eigenvalue weighted by molar-refractivity contribution is 0.0992. The predicted molar refractivity (Wildman–Crippen MR) is 61.2 cm³/mol. The summed E-state index contributed by atoms with van der Waals surface area (Å²) in [5.41, 5.74) is 2.77. The van der Waals surface area contributed by atoms with Crippen molar-refractivity contribution in [3.05, 3.63) is 59.7 Å². The third kappa shape index (κ3) is 2.51. The second-order valence-corrected chi connectivity index (χ2v) is 3.71. The summed E-state index contributed by atoms with van der Waals surface area (Å²) in [6, 6.07) is 7.95. The summed E-state index contributed by atoms with van der Waals surface area (Å²) >= 11 is 0. The molecule has 3 heteroatoms. The number of aromatic nitrogens is 2. The highest BCUT2D eigenvalue weighted by Crippen LogP contribution is 2.07. The summed E-state index contributed by atoms with van der Waals surface area (Å²) < 4.78 is 0. The number of carbonyl (C=O) groups excluding carboxylic acids is 1. The Morgan fingerprint density at radius 3 is 2.38 bits per heavy atom. The third-order valence-electron chi connectivity index (χ3n) is 2.37. The standard InChI is InChI=1S/C13H12N2O/c1-10-2-4-11(5-3-10)6-13(16)12-7-14-9-15-8-12/h2-5,7-9H,6H2,1H3. The fraction of sp³-hybridized carbons (Fsp3) is 0.154. The van der Waals surface area contributed by atoms with Gasteiger partial charge in [0.1, 0.15) is 6.33 Å². The highest BCUT2D eigenvalue weighted by atomic mass is 16.1. The monoisotopic (exact) mass is 212 g/mol. The van der Waals surface area contributed by atoms with E-state index >= 15 is 0 Å². The molecule has 0 aliphatic carbocycles. The van der Waals surface area contributed by atoms with Gasteiger partial charge in [-0.3, -0.25) is 4.79 Å². The molecule has 0 saturated carbocycles. The Morgan fingerprint density at radius 2 is 1.75 bits per heavy atom. The lowest BCUT2D eigenvalue weighted by Crippen LogP contribution is -2.04. The Hall–Kier alpha value is -2.03. The zero-order valence-electron chi connectivity index (χ0n) is 9.05. The van der Waals surface area contributed by atoms with Crippen molar-refractivity contribution in [2.24, 2.45) is 0 Å². The van der Waals surface area contributed by atoms with Crippen molar-refractivity contribution < 1.29 is 4.79 Å². The first-order chi connectivity index (χ1) is 7.75. The first kappa shape index (κ1) is 10.5. The molecule has 3 nitrogen and oxygen atoms in total. The molecule has 2 aromatic rings. The molecular formula is C13H12N2O. The number of benzene rings is 1. The largest absolute Gasteiger partial charge is 0.294 e. The molecule has 0 spiro atoms. The summed E-state index contributed by atoms with van der Waals surface area (Å²) in [6.07, 6.45) is 4.91. The number of aryl methyl sites for hydroxylation is 1. The van der Waals surface area contributed by atoms with Crippen molar-refractivity contribution in [3.8, 4) is 0 Å². The topological polar surface area (TPSA) is 42.9 Å². The van der Waals surface area contributed by atoms with E-state index < -0.39 is 0 Å². The Labute approximate surface area is 94.2 Å². The average molecular weight is 212 g/mol. The minimum atomic E-state index is 0.0458. The van der Waals surface area contributed by atoms with Gasteiger partial charge in [0.15, 0.2) is 5.78 Å². The Bertz CT molecular complexity index is 477. The van der Waals surface area contributed by atoms with E-state index in [1.165, 1.54) is 11.9 Å². The van der Waals surface area contributed by atoms with Crippen LogP contribution in [0.3, 0.4) is 0 Å². The van der Waals surface area contributed by atoms with Crippen LogP contribution in [0.4, 0.5) is 0 Å². The summed E-state index contributed by atoms with van der Waals surface area (Å²) in [5, 5.41) is 0. The van der Waals surface area contributed by atoms with Crippen molar-refractivity contribution in [2.45, 2.75) is 13.3 Å². The van der Waals surface area contributed by atoms with Crippen LogP contribution in [0.5, 0.6) is 0 Å². The quantitative estimate of drug-likeness (QED) is 0.732. The van der Waals surface area contributed by atoms with Crippen LogP contribution in [-0.4, -0.2) is 15.8 Å². The van der Waals surface area contributed by atoms with E-state index in [1.807, 2.05) is 31.2 Å². The number of rotatable bonds is 3. The summed E-state index contributed by atoms with van der Waals surface area (Å²) in [7, 11) is 0. The van der Waals surface area contributed by atoms with Crippen LogP contribution in [-0.2, 0) is 6.42 Å². The predicted octanol–water partition coefficient (Wildman–Crippen LogP) is 2.21. The van der Waals surface area contributed by atoms with Gasteiger partial charge in [-0.05, 0) is 12.5 Å². The molecule has 0 fully saturated rings. The fourth-order valence-electron chi connectivity index (χ4n) is 1.44. The number of ketones is 1. The van der Waals surface area contributed by atoms with Crippen LogP contribution in [0.1, 0.15) is 21.5 Å². The molecule has 0 unspecified atom stereocenters. The second-order valence-electron chi connectivity index (χ2n) is 3.71. The molecule has 0 aliphatic rings. The van der Waals surface area contributed by atoms with Gasteiger partial charge in [0, 0.05) is 18.8 Å². The molecule has 0 atom stereocenters. The van der Waals surface area contributed by atoms with Gasteiger partial charge in [-0.1, -0.05) is 29.8 Å². The molecule has 0 radical (unpaired) electrons. The van der Waals surface area contributed by atoms with Gasteiger partial charge in [-0.15, -0.1) is 0 Å². The highest BCUT2D eigenvalue weighted by Gasteiger charge is 2.06. The number of hydrogen-bond acceptors (Lipinski definition) is 3. The van der Waals surface area contributed by atoms with Crippen molar-refractivity contribution >= 4 is 5.78 Å². The smallest absolute Gasteiger partial charge is 0.170 e. The number of hydrogen-bond donors (Lipinski definition) is 0. The summed E-state index contributed by atoms with van der Waals surface area (Å²) in [5.74, 6) is 0.0458. The maximum Gasteiger partial charge on any atom is 0.170 e. The van der Waals surface area contributed by atoms with E-state index in [4.69, 9.17) is 0 Å². The summed E-state index contributed by atoms with van der Waals surface area (Å²) in [6.45, 7) is 2.02. The van der Waals surface area contributed by atoms with Gasteiger partial charge in [-0.25, -0.2) is 9.97 Å². The third-order valence-corrected chi connectivity index (χ3v) is 2.37. The number of nitrogens with zero attached hydrogens (tertiary/aromatic N) is 2. The zero-order chi connectivity index (χ0) is 11.4. The molecule has 16 heavy (non-hydrogen) atoms.